The summed E-state index contributed by atoms with van der Waals surface area (Å²) in [6.45, 7) is 5.11. The number of halogens is 2. The molecule has 1 aliphatic heterocycles. The van der Waals surface area contributed by atoms with E-state index in [0.29, 0.717) is 0 Å². The quantitative estimate of drug-likeness (QED) is 0.679. The molecule has 0 bridgehead atoms. The molecule has 2 aromatic carbocycles. The van der Waals surface area contributed by atoms with Crippen LogP contribution < -0.4 is 14.9 Å². The minimum absolute atomic E-state index is 0.0707. The topological polar surface area (TPSA) is 105 Å². The third-order valence-corrected chi connectivity index (χ3v) is 5.35. The second kappa shape index (κ2) is 8.97. The molecule has 8 nitrogen and oxygen atoms in total. The number of ether oxygens (including phenoxy) is 1. The maximum absolute atomic E-state index is 15.1. The number of amides is 2. The highest BCUT2D eigenvalue weighted by molar-refractivity contribution is 7.92. The Labute approximate surface area is 191 Å². The highest BCUT2D eigenvalue weighted by Gasteiger charge is 2.36. The lowest BCUT2D eigenvalue weighted by Crippen LogP contribution is -2.44. The number of hydrogen-bond donors (Lipinski definition) is 2. The number of alkyl carbamates (subject to hydrolysis) is 1. The van der Waals surface area contributed by atoms with E-state index < -0.39 is 45.3 Å². The highest BCUT2D eigenvalue weighted by atomic mass is 32.2. The minimum atomic E-state index is -3.65. The van der Waals surface area contributed by atoms with Crippen molar-refractivity contribution in [3.63, 3.8) is 0 Å². The van der Waals surface area contributed by atoms with Gasteiger partial charge in [0.1, 0.15) is 11.6 Å². The summed E-state index contributed by atoms with van der Waals surface area (Å²) < 4.78 is 60.8. The van der Waals surface area contributed by atoms with Crippen LogP contribution in [-0.2, 0) is 19.6 Å². The number of nitrogens with one attached hydrogen (secondary N) is 2. The molecule has 0 spiro atoms. The first-order valence-electron chi connectivity index (χ1n) is 10.1. The molecule has 33 heavy (non-hydrogen) atoms. The number of benzene rings is 2. The van der Waals surface area contributed by atoms with Gasteiger partial charge in [-0.3, -0.25) is 9.52 Å². The molecule has 0 aromatic heterocycles. The zero-order valence-corrected chi connectivity index (χ0v) is 19.4. The van der Waals surface area contributed by atoms with Crippen molar-refractivity contribution in [2.45, 2.75) is 38.8 Å². The lowest BCUT2D eigenvalue weighted by Gasteiger charge is -2.22. The summed E-state index contributed by atoms with van der Waals surface area (Å²) in [5, 5.41) is 2.45. The molecular formula is C22H25F2N3O5S. The molecule has 178 valence electrons. The summed E-state index contributed by atoms with van der Waals surface area (Å²) in [6, 6.07) is 7.59. The van der Waals surface area contributed by atoms with Crippen LogP contribution in [0.4, 0.5) is 25.0 Å². The van der Waals surface area contributed by atoms with Gasteiger partial charge in [0, 0.05) is 17.7 Å². The van der Waals surface area contributed by atoms with E-state index in [2.05, 4.69) is 10.0 Å². The van der Waals surface area contributed by atoms with Crippen molar-refractivity contribution in [2.75, 3.05) is 22.4 Å². The molecule has 1 fully saturated rings. The molecule has 1 saturated heterocycles. The second-order valence-electron chi connectivity index (χ2n) is 8.66. The monoisotopic (exact) mass is 481 g/mol. The Morgan fingerprint density at radius 1 is 1.09 bits per heavy atom. The second-order valence-corrected chi connectivity index (χ2v) is 10.4. The summed E-state index contributed by atoms with van der Waals surface area (Å²) in [7, 11) is -3.65. The minimum Gasteiger partial charge on any atom is -0.444 e. The van der Waals surface area contributed by atoms with Gasteiger partial charge in [-0.1, -0.05) is 18.2 Å². The molecule has 1 aliphatic rings. The fourth-order valence-corrected chi connectivity index (χ4v) is 4.04. The SMILES string of the molecule is CC(C)(C)OC(=O)NC1CCN(c2ccc(-c3ccccc3NS(C)(=O)=O)c(F)c2F)C1=O. The van der Waals surface area contributed by atoms with E-state index in [-0.39, 0.29) is 35.5 Å². The average molecular weight is 482 g/mol. The lowest BCUT2D eigenvalue weighted by atomic mass is 10.0. The van der Waals surface area contributed by atoms with Gasteiger partial charge in [-0.25, -0.2) is 22.0 Å². The van der Waals surface area contributed by atoms with Crippen molar-refractivity contribution in [1.82, 2.24) is 5.32 Å². The van der Waals surface area contributed by atoms with Crippen molar-refractivity contribution in [1.29, 1.82) is 0 Å². The van der Waals surface area contributed by atoms with E-state index in [9.17, 15) is 18.0 Å². The van der Waals surface area contributed by atoms with Crippen LogP contribution in [0.25, 0.3) is 11.1 Å². The zero-order valence-electron chi connectivity index (χ0n) is 18.6. The fraction of sp³-hybridized carbons (Fsp3) is 0.364. The van der Waals surface area contributed by atoms with Crippen molar-refractivity contribution in [3.05, 3.63) is 48.0 Å². The number of anilines is 2. The molecule has 2 aromatic rings. The standard InChI is InChI=1S/C22H25F2N3O5S/c1-22(2,3)32-21(29)25-16-11-12-27(20(16)28)17-10-9-14(18(23)19(17)24)13-7-5-6-8-15(13)26-33(4,30)31/h5-10,16,26H,11-12H2,1-4H3,(H,25,29). The molecule has 0 radical (unpaired) electrons. The molecule has 0 aliphatic carbocycles. The van der Waals surface area contributed by atoms with E-state index in [1.807, 2.05) is 0 Å². The van der Waals surface area contributed by atoms with Gasteiger partial charge in [-0.05, 0) is 45.4 Å². The predicted molar refractivity (Wildman–Crippen MR) is 120 cm³/mol. The van der Waals surface area contributed by atoms with Gasteiger partial charge in [0.2, 0.25) is 15.9 Å². The fourth-order valence-electron chi connectivity index (χ4n) is 3.47. The molecular weight excluding hydrogens is 456 g/mol. The van der Waals surface area contributed by atoms with Crippen molar-refractivity contribution in [2.24, 2.45) is 0 Å². The van der Waals surface area contributed by atoms with Crippen LogP contribution in [0.1, 0.15) is 27.2 Å². The number of rotatable bonds is 5. The number of nitrogens with zero attached hydrogens (tertiary/aromatic N) is 1. The van der Waals surface area contributed by atoms with Gasteiger partial charge in [-0.15, -0.1) is 0 Å². The van der Waals surface area contributed by atoms with Crippen LogP contribution in [0.3, 0.4) is 0 Å². The Kier molecular flexibility index (Phi) is 6.64. The normalized spacial score (nSPS) is 16.6. The summed E-state index contributed by atoms with van der Waals surface area (Å²) >= 11 is 0. The van der Waals surface area contributed by atoms with Gasteiger partial charge in [-0.2, -0.15) is 0 Å². The average Bonchev–Trinajstić information content (AvgIpc) is 3.02. The Hall–Kier alpha value is -3.21. The molecule has 1 atom stereocenters. The molecule has 3 rings (SSSR count). The number of sulfonamides is 1. The number of para-hydroxylation sites is 1. The first kappa shape index (κ1) is 24.4. The number of carbonyl (C=O) groups excluding carboxylic acids is 2. The number of hydrogen-bond acceptors (Lipinski definition) is 5. The summed E-state index contributed by atoms with van der Waals surface area (Å²) in [5.41, 5.74) is -0.965. The Morgan fingerprint density at radius 2 is 1.76 bits per heavy atom. The molecule has 11 heteroatoms. The molecule has 1 unspecified atom stereocenters. The van der Waals surface area contributed by atoms with Gasteiger partial charge < -0.3 is 15.0 Å². The van der Waals surface area contributed by atoms with E-state index in [1.165, 1.54) is 24.3 Å². The number of carbonyl (C=O) groups is 2. The predicted octanol–water partition coefficient (Wildman–Crippen LogP) is 3.63. The van der Waals surface area contributed by atoms with Crippen LogP contribution in [-0.4, -0.2) is 44.9 Å². The van der Waals surface area contributed by atoms with E-state index in [1.54, 1.807) is 32.9 Å². The third-order valence-electron chi connectivity index (χ3n) is 4.76. The van der Waals surface area contributed by atoms with E-state index in [0.717, 1.165) is 11.2 Å². The first-order valence-corrected chi connectivity index (χ1v) is 12.0. The van der Waals surface area contributed by atoms with Crippen molar-refractivity contribution >= 4 is 33.4 Å². The van der Waals surface area contributed by atoms with Crippen LogP contribution in [0.2, 0.25) is 0 Å². The molecule has 1 heterocycles. The smallest absolute Gasteiger partial charge is 0.408 e. The van der Waals surface area contributed by atoms with Gasteiger partial charge in [0.05, 0.1) is 17.6 Å². The highest BCUT2D eigenvalue weighted by Crippen LogP contribution is 2.35. The molecule has 2 amide bonds. The van der Waals surface area contributed by atoms with Crippen molar-refractivity contribution < 1.29 is 31.5 Å². The van der Waals surface area contributed by atoms with E-state index in [4.69, 9.17) is 4.74 Å². The van der Waals surface area contributed by atoms with Crippen LogP contribution in [0.5, 0.6) is 0 Å². The maximum atomic E-state index is 15.1. The van der Waals surface area contributed by atoms with Crippen LogP contribution >= 0.6 is 0 Å². The lowest BCUT2D eigenvalue weighted by molar-refractivity contribution is -0.118. The van der Waals surface area contributed by atoms with Gasteiger partial charge >= 0.3 is 6.09 Å². The Balaban J connectivity index is 1.87. The maximum Gasteiger partial charge on any atom is 0.408 e. The van der Waals surface area contributed by atoms with Crippen LogP contribution in [0.15, 0.2) is 36.4 Å². The summed E-state index contributed by atoms with van der Waals surface area (Å²) in [5.74, 6) is -3.08. The summed E-state index contributed by atoms with van der Waals surface area (Å²) in [4.78, 5) is 25.8. The largest absolute Gasteiger partial charge is 0.444 e. The van der Waals surface area contributed by atoms with Gasteiger partial charge in [0.25, 0.3) is 0 Å². The third kappa shape index (κ3) is 5.78. The molecule has 2 N–H and O–H groups in total. The Morgan fingerprint density at radius 3 is 2.39 bits per heavy atom. The van der Waals surface area contributed by atoms with Gasteiger partial charge in [0.15, 0.2) is 11.6 Å². The Bertz CT molecular complexity index is 1200. The first-order chi connectivity index (χ1) is 15.3. The van der Waals surface area contributed by atoms with Crippen LogP contribution in [0, 0.1) is 11.6 Å². The van der Waals surface area contributed by atoms with E-state index >= 15 is 8.78 Å². The zero-order chi connectivity index (χ0) is 24.6. The molecule has 0 saturated carbocycles. The van der Waals surface area contributed by atoms with Crippen molar-refractivity contribution in [3.8, 4) is 11.1 Å². The summed E-state index contributed by atoms with van der Waals surface area (Å²) in [6.07, 6.45) is 0.367.